The topological polar surface area (TPSA) is 24.1 Å². The lowest BCUT2D eigenvalue weighted by molar-refractivity contribution is 0.625. The van der Waals surface area contributed by atoms with Gasteiger partial charge >= 0.3 is 0 Å². The van der Waals surface area contributed by atoms with Crippen LogP contribution in [0, 0.1) is 5.82 Å². The highest BCUT2D eigenvalue weighted by Crippen LogP contribution is 2.24. The van der Waals surface area contributed by atoms with Gasteiger partial charge in [0.05, 0.1) is 5.02 Å². The van der Waals surface area contributed by atoms with Crippen LogP contribution in [0.3, 0.4) is 0 Å². The third-order valence-corrected chi connectivity index (χ3v) is 3.40. The van der Waals surface area contributed by atoms with Gasteiger partial charge < -0.3 is 5.43 Å². The highest BCUT2D eigenvalue weighted by molar-refractivity contribution is 9.10. The van der Waals surface area contributed by atoms with Gasteiger partial charge in [-0.25, -0.2) is 9.82 Å². The standard InChI is InChI=1S/C13H11BrClFN2/c14-11-7-13(16)12(15)6-9(11)8-17-18-10-4-2-1-3-5-10/h1-7,17-18H,8H2. The van der Waals surface area contributed by atoms with Crippen LogP contribution in [-0.4, -0.2) is 0 Å². The lowest BCUT2D eigenvalue weighted by Gasteiger charge is -2.10. The van der Waals surface area contributed by atoms with Gasteiger partial charge in [0, 0.05) is 16.7 Å². The van der Waals surface area contributed by atoms with Crippen molar-refractivity contribution in [2.75, 3.05) is 5.43 Å². The molecule has 2 aromatic carbocycles. The summed E-state index contributed by atoms with van der Waals surface area (Å²) in [5.41, 5.74) is 7.93. The molecule has 2 N–H and O–H groups in total. The zero-order chi connectivity index (χ0) is 13.0. The van der Waals surface area contributed by atoms with Crippen molar-refractivity contribution >= 4 is 33.2 Å². The molecule has 2 aromatic rings. The van der Waals surface area contributed by atoms with Crippen LogP contribution < -0.4 is 10.9 Å². The van der Waals surface area contributed by atoms with Gasteiger partial charge in [-0.05, 0) is 29.8 Å². The van der Waals surface area contributed by atoms with E-state index in [0.29, 0.717) is 11.0 Å². The second-order valence-electron chi connectivity index (χ2n) is 3.70. The van der Waals surface area contributed by atoms with Crippen molar-refractivity contribution in [1.29, 1.82) is 0 Å². The van der Waals surface area contributed by atoms with Crippen LogP contribution >= 0.6 is 27.5 Å². The first-order chi connectivity index (χ1) is 8.66. The predicted octanol–water partition coefficient (Wildman–Crippen LogP) is 4.36. The van der Waals surface area contributed by atoms with Gasteiger partial charge in [0.1, 0.15) is 5.82 Å². The minimum absolute atomic E-state index is 0.120. The molecule has 0 heterocycles. The van der Waals surface area contributed by atoms with Gasteiger partial charge in [0.25, 0.3) is 0 Å². The van der Waals surface area contributed by atoms with Crippen LogP contribution in [0.5, 0.6) is 0 Å². The molecule has 2 nitrogen and oxygen atoms in total. The quantitative estimate of drug-likeness (QED) is 0.643. The van der Waals surface area contributed by atoms with Gasteiger partial charge in [-0.3, -0.25) is 0 Å². The maximum Gasteiger partial charge on any atom is 0.142 e. The molecular formula is C13H11BrClFN2. The second-order valence-corrected chi connectivity index (χ2v) is 4.96. The van der Waals surface area contributed by atoms with E-state index in [1.807, 2.05) is 30.3 Å². The third-order valence-electron chi connectivity index (χ3n) is 2.37. The zero-order valence-electron chi connectivity index (χ0n) is 9.38. The number of nitrogens with one attached hydrogen (secondary N) is 2. The summed E-state index contributed by atoms with van der Waals surface area (Å²) < 4.78 is 13.8. The average molecular weight is 330 g/mol. The molecule has 0 fully saturated rings. The molecule has 0 saturated carbocycles. The monoisotopic (exact) mass is 328 g/mol. The number of benzene rings is 2. The van der Waals surface area contributed by atoms with E-state index in [-0.39, 0.29) is 5.02 Å². The van der Waals surface area contributed by atoms with E-state index in [1.54, 1.807) is 6.07 Å². The van der Waals surface area contributed by atoms with Crippen molar-refractivity contribution in [3.05, 3.63) is 63.3 Å². The highest BCUT2D eigenvalue weighted by atomic mass is 79.9. The van der Waals surface area contributed by atoms with Crippen molar-refractivity contribution in [2.45, 2.75) is 6.54 Å². The number of halogens is 3. The maximum absolute atomic E-state index is 13.1. The summed E-state index contributed by atoms with van der Waals surface area (Å²) in [6.45, 7) is 0.523. The predicted molar refractivity (Wildman–Crippen MR) is 76.0 cm³/mol. The molecule has 0 aliphatic heterocycles. The van der Waals surface area contributed by atoms with Gasteiger partial charge in [-0.2, -0.15) is 0 Å². The summed E-state index contributed by atoms with van der Waals surface area (Å²) in [6, 6.07) is 12.7. The Hall–Kier alpha value is -1.10. The van der Waals surface area contributed by atoms with E-state index in [9.17, 15) is 4.39 Å². The Morgan fingerprint density at radius 2 is 1.89 bits per heavy atom. The highest BCUT2D eigenvalue weighted by Gasteiger charge is 2.06. The Morgan fingerprint density at radius 3 is 2.61 bits per heavy atom. The molecular weight excluding hydrogens is 319 g/mol. The summed E-state index contributed by atoms with van der Waals surface area (Å²) >= 11 is 9.04. The molecule has 0 atom stereocenters. The lowest BCUT2D eigenvalue weighted by atomic mass is 10.2. The van der Waals surface area contributed by atoms with Gasteiger partial charge in [-0.1, -0.05) is 45.7 Å². The molecule has 0 unspecified atom stereocenters. The Kier molecular flexibility index (Phi) is 4.58. The van der Waals surface area contributed by atoms with Crippen molar-refractivity contribution in [2.24, 2.45) is 0 Å². The van der Waals surface area contributed by atoms with E-state index in [0.717, 1.165) is 11.3 Å². The molecule has 0 amide bonds. The number of hydrogen-bond acceptors (Lipinski definition) is 2. The minimum Gasteiger partial charge on any atom is -0.321 e. The van der Waals surface area contributed by atoms with E-state index < -0.39 is 5.82 Å². The van der Waals surface area contributed by atoms with Crippen molar-refractivity contribution in [3.8, 4) is 0 Å². The van der Waals surface area contributed by atoms with Crippen LogP contribution in [0.2, 0.25) is 5.02 Å². The molecule has 2 rings (SSSR count). The first-order valence-corrected chi connectivity index (χ1v) is 6.51. The van der Waals surface area contributed by atoms with Crippen molar-refractivity contribution in [3.63, 3.8) is 0 Å². The molecule has 0 aromatic heterocycles. The van der Waals surface area contributed by atoms with Crippen LogP contribution in [-0.2, 0) is 6.54 Å². The maximum atomic E-state index is 13.1. The molecule has 0 saturated heterocycles. The van der Waals surface area contributed by atoms with E-state index in [2.05, 4.69) is 26.8 Å². The fourth-order valence-electron chi connectivity index (χ4n) is 1.46. The minimum atomic E-state index is -0.427. The molecule has 0 aliphatic rings. The average Bonchev–Trinajstić information content (AvgIpc) is 2.37. The fraction of sp³-hybridized carbons (Fsp3) is 0.0769. The van der Waals surface area contributed by atoms with Crippen molar-refractivity contribution < 1.29 is 4.39 Å². The Labute approximate surface area is 118 Å². The SMILES string of the molecule is Fc1cc(Br)c(CNNc2ccccc2)cc1Cl. The van der Waals surface area contributed by atoms with Gasteiger partial charge in [0.15, 0.2) is 0 Å². The zero-order valence-corrected chi connectivity index (χ0v) is 11.7. The summed E-state index contributed by atoms with van der Waals surface area (Å²) in [7, 11) is 0. The molecule has 0 bridgehead atoms. The Bertz CT molecular complexity index is 534. The smallest absolute Gasteiger partial charge is 0.142 e. The lowest BCUT2D eigenvalue weighted by Crippen LogP contribution is -2.21. The summed E-state index contributed by atoms with van der Waals surface area (Å²) in [4.78, 5) is 0. The Balaban J connectivity index is 1.97. The van der Waals surface area contributed by atoms with E-state index >= 15 is 0 Å². The summed E-state index contributed by atoms with van der Waals surface area (Å²) in [5.74, 6) is -0.427. The van der Waals surface area contributed by atoms with Crippen LogP contribution in [0.1, 0.15) is 5.56 Å². The molecule has 0 aliphatic carbocycles. The molecule has 0 spiro atoms. The number of hydrogen-bond donors (Lipinski definition) is 2. The number of rotatable bonds is 4. The van der Waals surface area contributed by atoms with Crippen LogP contribution in [0.15, 0.2) is 46.9 Å². The van der Waals surface area contributed by atoms with Gasteiger partial charge in [-0.15, -0.1) is 0 Å². The number of hydrazine groups is 1. The first-order valence-electron chi connectivity index (χ1n) is 5.34. The molecule has 5 heteroatoms. The molecule has 18 heavy (non-hydrogen) atoms. The first kappa shape index (κ1) is 13.3. The van der Waals surface area contributed by atoms with Gasteiger partial charge in [0.2, 0.25) is 0 Å². The number of anilines is 1. The largest absolute Gasteiger partial charge is 0.321 e. The summed E-state index contributed by atoms with van der Waals surface area (Å²) in [5, 5.41) is 0.120. The summed E-state index contributed by atoms with van der Waals surface area (Å²) in [6.07, 6.45) is 0. The van der Waals surface area contributed by atoms with Crippen LogP contribution in [0.25, 0.3) is 0 Å². The second kappa shape index (κ2) is 6.18. The third kappa shape index (κ3) is 3.45. The van der Waals surface area contributed by atoms with E-state index in [4.69, 9.17) is 11.6 Å². The van der Waals surface area contributed by atoms with Crippen molar-refractivity contribution in [1.82, 2.24) is 5.43 Å². The molecule has 94 valence electrons. The number of para-hydroxylation sites is 1. The molecule has 0 radical (unpaired) electrons. The normalized spacial score (nSPS) is 10.4. The van der Waals surface area contributed by atoms with E-state index in [1.165, 1.54) is 6.07 Å². The van der Waals surface area contributed by atoms with Crippen LogP contribution in [0.4, 0.5) is 10.1 Å². The fourth-order valence-corrected chi connectivity index (χ4v) is 2.10. The Morgan fingerprint density at radius 1 is 1.17 bits per heavy atom.